The number of nitrogens with zero attached hydrogens (tertiary/aromatic N) is 4. The van der Waals surface area contributed by atoms with E-state index in [-0.39, 0.29) is 0 Å². The zero-order valence-corrected chi connectivity index (χ0v) is 22.7. The molecule has 2 amide bonds. The van der Waals surface area contributed by atoms with Crippen LogP contribution in [0.1, 0.15) is 43.7 Å². The van der Waals surface area contributed by atoms with E-state index >= 15 is 0 Å². The van der Waals surface area contributed by atoms with E-state index in [4.69, 9.17) is 10.7 Å². The van der Waals surface area contributed by atoms with Crippen LogP contribution in [0.2, 0.25) is 0 Å². The maximum Gasteiger partial charge on any atom is 0.313 e. The van der Waals surface area contributed by atoms with E-state index in [9.17, 15) is 9.59 Å². The number of thiazole rings is 1. The van der Waals surface area contributed by atoms with Crippen molar-refractivity contribution in [2.24, 2.45) is 5.92 Å². The van der Waals surface area contributed by atoms with Crippen LogP contribution in [0, 0.1) is 5.92 Å². The number of carbonyl (C=O) groups is 2. The van der Waals surface area contributed by atoms with Crippen LogP contribution in [0.15, 0.2) is 42.6 Å². The third kappa shape index (κ3) is 6.93. The molecule has 4 heterocycles. The zero-order chi connectivity index (χ0) is 26.4. The number of hydrogen-bond acceptors (Lipinski definition) is 7. The van der Waals surface area contributed by atoms with Gasteiger partial charge in [0.1, 0.15) is 10.8 Å². The summed E-state index contributed by atoms with van der Waals surface area (Å²) in [6.07, 6.45) is 7.67. The van der Waals surface area contributed by atoms with E-state index in [0.717, 1.165) is 49.9 Å². The molecule has 0 bridgehead atoms. The Morgan fingerprint density at radius 3 is 2.76 bits per heavy atom. The van der Waals surface area contributed by atoms with Gasteiger partial charge in [0.05, 0.1) is 22.1 Å². The molecule has 196 valence electrons. The SMILES string of the molecule is CCc1cc(NC(=O)C(=O)N2CCCC(C)C2)cnc1N.CN1CC=C(c2nc3ccccc3s2)CC1. The molecule has 1 unspecified atom stereocenters. The first kappa shape index (κ1) is 26.8. The van der Waals surface area contributed by atoms with Crippen molar-refractivity contribution in [2.45, 2.75) is 39.5 Å². The number of nitrogens with one attached hydrogen (secondary N) is 1. The van der Waals surface area contributed by atoms with Gasteiger partial charge in [-0.2, -0.15) is 0 Å². The summed E-state index contributed by atoms with van der Waals surface area (Å²) in [5.41, 5.74) is 9.62. The molecule has 0 spiro atoms. The molecule has 1 fully saturated rings. The molecule has 0 aliphatic carbocycles. The minimum Gasteiger partial charge on any atom is -0.383 e. The highest BCUT2D eigenvalue weighted by atomic mass is 32.1. The number of aromatic nitrogens is 2. The van der Waals surface area contributed by atoms with Crippen LogP contribution in [-0.2, 0) is 16.0 Å². The minimum absolute atomic E-state index is 0.445. The van der Waals surface area contributed by atoms with Gasteiger partial charge < -0.3 is 20.9 Å². The summed E-state index contributed by atoms with van der Waals surface area (Å²) in [4.78, 5) is 36.8. The number of likely N-dealkylation sites (N-methyl/N-ethyl adjacent to an activating group) is 1. The van der Waals surface area contributed by atoms with Gasteiger partial charge in [0.2, 0.25) is 0 Å². The first-order valence-corrected chi connectivity index (χ1v) is 13.7. The molecule has 9 heteroatoms. The van der Waals surface area contributed by atoms with Gasteiger partial charge in [0.15, 0.2) is 0 Å². The zero-order valence-electron chi connectivity index (χ0n) is 21.9. The number of benzene rings is 1. The van der Waals surface area contributed by atoms with Gasteiger partial charge in [-0.1, -0.05) is 32.1 Å². The monoisotopic (exact) mass is 520 g/mol. The van der Waals surface area contributed by atoms with E-state index in [2.05, 4.69) is 59.5 Å². The van der Waals surface area contributed by atoms with Crippen LogP contribution < -0.4 is 11.1 Å². The molecule has 5 rings (SSSR count). The lowest BCUT2D eigenvalue weighted by atomic mass is 10.0. The first-order chi connectivity index (χ1) is 17.8. The highest BCUT2D eigenvalue weighted by molar-refractivity contribution is 7.19. The molecule has 37 heavy (non-hydrogen) atoms. The smallest absolute Gasteiger partial charge is 0.313 e. The fourth-order valence-corrected chi connectivity index (χ4v) is 5.58. The summed E-state index contributed by atoms with van der Waals surface area (Å²) in [5, 5.41) is 3.81. The second kappa shape index (κ2) is 12.3. The van der Waals surface area contributed by atoms with Gasteiger partial charge in [-0.3, -0.25) is 9.59 Å². The molecular formula is C28H36N6O2S. The fraction of sp³-hybridized carbons (Fsp3) is 0.429. The lowest BCUT2D eigenvalue weighted by Gasteiger charge is -2.30. The number of para-hydroxylation sites is 1. The summed E-state index contributed by atoms with van der Waals surface area (Å²) in [7, 11) is 2.16. The van der Waals surface area contributed by atoms with E-state index in [1.54, 1.807) is 11.0 Å². The largest absolute Gasteiger partial charge is 0.383 e. The van der Waals surface area contributed by atoms with Crippen LogP contribution in [0.3, 0.4) is 0 Å². The van der Waals surface area contributed by atoms with Gasteiger partial charge in [-0.25, -0.2) is 9.97 Å². The van der Waals surface area contributed by atoms with Crippen molar-refractivity contribution >= 4 is 50.4 Å². The number of piperidine rings is 1. The highest BCUT2D eigenvalue weighted by Gasteiger charge is 2.26. The molecule has 0 saturated carbocycles. The molecule has 1 aromatic carbocycles. The van der Waals surface area contributed by atoms with Crippen LogP contribution in [0.5, 0.6) is 0 Å². The number of nitrogens with two attached hydrogens (primary N) is 1. The lowest BCUT2D eigenvalue weighted by molar-refractivity contribution is -0.144. The standard InChI is InChI=1S/C15H22N4O2.C13H14N2S/c1-3-11-7-12(8-17-13(11)16)18-14(20)15(21)19-6-4-5-10(2)9-19;1-15-8-6-10(7-9-15)13-14-11-4-2-3-5-12(11)16-13/h7-8,10H,3-6,9H2,1-2H3,(H2,16,17)(H,18,20);2-6H,7-9H2,1H3. The summed E-state index contributed by atoms with van der Waals surface area (Å²) >= 11 is 1.81. The number of amides is 2. The predicted octanol–water partition coefficient (Wildman–Crippen LogP) is 4.44. The van der Waals surface area contributed by atoms with Crippen LogP contribution in [-0.4, -0.2) is 64.8 Å². The summed E-state index contributed by atoms with van der Waals surface area (Å²) < 4.78 is 1.29. The molecule has 2 aliphatic rings. The van der Waals surface area contributed by atoms with Gasteiger partial charge in [-0.15, -0.1) is 11.3 Å². The van der Waals surface area contributed by atoms with E-state index < -0.39 is 11.8 Å². The quantitative estimate of drug-likeness (QED) is 0.495. The van der Waals surface area contributed by atoms with E-state index in [1.165, 1.54) is 21.5 Å². The Hall–Kier alpha value is -3.30. The summed E-state index contributed by atoms with van der Waals surface area (Å²) in [6.45, 7) is 7.53. The first-order valence-electron chi connectivity index (χ1n) is 12.9. The number of fused-ring (bicyclic) bond motifs is 1. The van der Waals surface area contributed by atoms with Crippen molar-refractivity contribution < 1.29 is 9.59 Å². The second-order valence-electron chi connectivity index (χ2n) is 9.80. The highest BCUT2D eigenvalue weighted by Crippen LogP contribution is 2.30. The average molecular weight is 521 g/mol. The maximum absolute atomic E-state index is 12.1. The van der Waals surface area contributed by atoms with Gasteiger partial charge >= 0.3 is 11.8 Å². The third-order valence-electron chi connectivity index (χ3n) is 6.76. The van der Waals surface area contributed by atoms with Crippen LogP contribution in [0.25, 0.3) is 15.8 Å². The van der Waals surface area contributed by atoms with Crippen molar-refractivity contribution in [1.82, 2.24) is 19.8 Å². The Labute approximate surface area is 222 Å². The molecule has 2 aliphatic heterocycles. The second-order valence-corrected chi connectivity index (χ2v) is 10.8. The third-order valence-corrected chi connectivity index (χ3v) is 7.87. The Balaban J connectivity index is 0.000000179. The number of pyridine rings is 1. The van der Waals surface area contributed by atoms with Crippen LogP contribution in [0.4, 0.5) is 11.5 Å². The van der Waals surface area contributed by atoms with Gasteiger partial charge in [-0.05, 0) is 68.0 Å². The fourth-order valence-electron chi connectivity index (χ4n) is 4.55. The van der Waals surface area contributed by atoms with Crippen molar-refractivity contribution in [3.8, 4) is 0 Å². The number of nitrogen functional groups attached to an aromatic ring is 1. The average Bonchev–Trinajstić information content (AvgIpc) is 3.34. The van der Waals surface area contributed by atoms with Crippen molar-refractivity contribution in [2.75, 3.05) is 44.3 Å². The minimum atomic E-state index is -0.613. The number of anilines is 2. The number of carbonyl (C=O) groups excluding carboxylic acids is 2. The Morgan fingerprint density at radius 2 is 2.05 bits per heavy atom. The summed E-state index contributed by atoms with van der Waals surface area (Å²) in [5.74, 6) is -0.193. The number of aryl methyl sites for hydroxylation is 1. The molecule has 3 aromatic rings. The molecule has 8 nitrogen and oxygen atoms in total. The normalized spacial score (nSPS) is 18.1. The molecule has 1 saturated heterocycles. The van der Waals surface area contributed by atoms with Crippen molar-refractivity contribution in [3.63, 3.8) is 0 Å². The van der Waals surface area contributed by atoms with Gasteiger partial charge in [0.25, 0.3) is 0 Å². The number of hydrogen-bond donors (Lipinski definition) is 2. The molecular weight excluding hydrogens is 484 g/mol. The predicted molar refractivity (Wildman–Crippen MR) is 151 cm³/mol. The summed E-state index contributed by atoms with van der Waals surface area (Å²) in [6, 6.07) is 10.1. The van der Waals surface area contributed by atoms with Crippen molar-refractivity contribution in [1.29, 1.82) is 0 Å². The Morgan fingerprint density at radius 1 is 1.24 bits per heavy atom. The maximum atomic E-state index is 12.1. The molecule has 0 radical (unpaired) electrons. The van der Waals surface area contributed by atoms with E-state index in [0.29, 0.717) is 30.5 Å². The topological polar surface area (TPSA) is 104 Å². The number of likely N-dealkylation sites (tertiary alicyclic amines) is 1. The molecule has 2 aromatic heterocycles. The molecule has 1 atom stereocenters. The van der Waals surface area contributed by atoms with Crippen LogP contribution >= 0.6 is 11.3 Å². The van der Waals surface area contributed by atoms with Gasteiger partial charge in [0, 0.05) is 26.2 Å². The lowest BCUT2D eigenvalue weighted by Crippen LogP contribution is -2.44. The molecule has 3 N–H and O–H groups in total. The Bertz CT molecular complexity index is 1250. The number of rotatable bonds is 3. The van der Waals surface area contributed by atoms with E-state index in [1.807, 2.05) is 18.3 Å². The van der Waals surface area contributed by atoms with Crippen molar-refractivity contribution in [3.05, 3.63) is 53.2 Å². The Kier molecular flexibility index (Phi) is 8.89.